The van der Waals surface area contributed by atoms with Crippen LogP contribution in [0.2, 0.25) is 0 Å². The third kappa shape index (κ3) is 4.44. The molecule has 2 amide bonds. The number of benzene rings is 1. The molecule has 0 unspecified atom stereocenters. The normalized spacial score (nSPS) is 17.2. The molecule has 0 radical (unpaired) electrons. The van der Waals surface area contributed by atoms with Gasteiger partial charge in [-0.25, -0.2) is 18.6 Å². The van der Waals surface area contributed by atoms with Crippen LogP contribution in [0.5, 0.6) is 0 Å². The van der Waals surface area contributed by atoms with E-state index in [2.05, 4.69) is 20.1 Å². The van der Waals surface area contributed by atoms with Gasteiger partial charge in [0.2, 0.25) is 5.95 Å². The van der Waals surface area contributed by atoms with E-state index in [1.54, 1.807) is 4.90 Å². The second-order valence-corrected chi connectivity index (χ2v) is 7.72. The van der Waals surface area contributed by atoms with Gasteiger partial charge in [-0.3, -0.25) is 0 Å². The highest BCUT2D eigenvalue weighted by Gasteiger charge is 2.24. The number of hydrogen-bond donors (Lipinski definition) is 1. The zero-order valence-electron chi connectivity index (χ0n) is 17.1. The molecule has 1 N–H and O–H groups in total. The van der Waals surface area contributed by atoms with Gasteiger partial charge in [-0.2, -0.15) is 4.98 Å². The zero-order valence-corrected chi connectivity index (χ0v) is 17.1. The number of para-hydroxylation sites is 1. The van der Waals surface area contributed by atoms with Crippen molar-refractivity contribution in [3.05, 3.63) is 41.6 Å². The van der Waals surface area contributed by atoms with Crippen LogP contribution in [0.15, 0.2) is 24.3 Å². The second-order valence-electron chi connectivity index (χ2n) is 7.72. The summed E-state index contributed by atoms with van der Waals surface area (Å²) in [6.07, 6.45) is 3.56. The van der Waals surface area contributed by atoms with Gasteiger partial charge < -0.3 is 20.0 Å². The molecule has 0 spiro atoms. The molecule has 1 aromatic carbocycles. The van der Waals surface area contributed by atoms with Gasteiger partial charge in [0.25, 0.3) is 0 Å². The number of carbonyl (C=O) groups is 1. The van der Waals surface area contributed by atoms with Gasteiger partial charge in [-0.05, 0) is 38.3 Å². The van der Waals surface area contributed by atoms with Gasteiger partial charge in [0, 0.05) is 51.0 Å². The molecule has 2 aliphatic rings. The van der Waals surface area contributed by atoms with Crippen molar-refractivity contribution < 1.29 is 13.6 Å². The molecule has 160 valence electrons. The van der Waals surface area contributed by atoms with Crippen LogP contribution in [0.25, 0.3) is 0 Å². The predicted octanol–water partition coefficient (Wildman–Crippen LogP) is 3.41. The Kier molecular flexibility index (Phi) is 5.96. The highest BCUT2D eigenvalue weighted by atomic mass is 19.1. The van der Waals surface area contributed by atoms with E-state index in [-0.39, 0.29) is 0 Å². The summed E-state index contributed by atoms with van der Waals surface area (Å²) in [7, 11) is 0. The Morgan fingerprint density at radius 1 is 0.933 bits per heavy atom. The number of nitrogens with one attached hydrogen (secondary N) is 1. The fourth-order valence-electron chi connectivity index (χ4n) is 3.88. The number of halogens is 2. The number of anilines is 3. The van der Waals surface area contributed by atoms with Gasteiger partial charge in [0.05, 0.1) is 0 Å². The molecule has 1 aromatic heterocycles. The van der Waals surface area contributed by atoms with Crippen LogP contribution in [-0.4, -0.2) is 60.2 Å². The molecular formula is C21H26F2N6O. The van der Waals surface area contributed by atoms with Gasteiger partial charge in [0.15, 0.2) is 0 Å². The van der Waals surface area contributed by atoms with Crippen LogP contribution in [0.3, 0.4) is 0 Å². The molecule has 0 aliphatic carbocycles. The standard InChI is InChI=1S/C21H26F2N6O/c1-15-14-18(25-20(24-15)28-8-3-2-4-9-28)27-10-12-29(13-11-27)21(30)26-19-16(22)6-5-7-17(19)23/h5-7,14H,2-4,8-13H2,1H3,(H,26,30). The Balaban J connectivity index is 1.39. The minimum atomic E-state index is -0.788. The first-order chi connectivity index (χ1) is 14.5. The van der Waals surface area contributed by atoms with E-state index in [1.165, 1.54) is 12.5 Å². The molecule has 2 aromatic rings. The van der Waals surface area contributed by atoms with Crippen molar-refractivity contribution in [2.24, 2.45) is 0 Å². The lowest BCUT2D eigenvalue weighted by molar-refractivity contribution is 0.208. The van der Waals surface area contributed by atoms with Crippen molar-refractivity contribution in [1.29, 1.82) is 0 Å². The summed E-state index contributed by atoms with van der Waals surface area (Å²) in [5.41, 5.74) is 0.498. The summed E-state index contributed by atoms with van der Waals surface area (Å²) >= 11 is 0. The number of hydrogen-bond acceptors (Lipinski definition) is 5. The molecule has 7 nitrogen and oxygen atoms in total. The van der Waals surface area contributed by atoms with Crippen LogP contribution in [-0.2, 0) is 0 Å². The molecule has 0 saturated carbocycles. The van der Waals surface area contributed by atoms with Crippen molar-refractivity contribution in [1.82, 2.24) is 14.9 Å². The summed E-state index contributed by atoms with van der Waals surface area (Å²) in [5, 5.41) is 2.35. The molecule has 4 rings (SSSR count). The first kappa shape index (κ1) is 20.3. The maximum absolute atomic E-state index is 13.8. The number of amides is 2. The Morgan fingerprint density at radius 2 is 1.60 bits per heavy atom. The Bertz CT molecular complexity index is 890. The van der Waals surface area contributed by atoms with E-state index in [9.17, 15) is 13.6 Å². The van der Waals surface area contributed by atoms with E-state index in [0.29, 0.717) is 26.2 Å². The first-order valence-corrected chi connectivity index (χ1v) is 10.4. The number of rotatable bonds is 3. The van der Waals surface area contributed by atoms with E-state index < -0.39 is 23.4 Å². The minimum Gasteiger partial charge on any atom is -0.353 e. The summed E-state index contributed by atoms with van der Waals surface area (Å²) < 4.78 is 27.6. The largest absolute Gasteiger partial charge is 0.353 e. The van der Waals surface area contributed by atoms with Crippen molar-refractivity contribution in [2.75, 3.05) is 54.4 Å². The zero-order chi connectivity index (χ0) is 21.1. The molecular weight excluding hydrogens is 390 g/mol. The van der Waals surface area contributed by atoms with Crippen LogP contribution < -0.4 is 15.1 Å². The molecule has 9 heteroatoms. The van der Waals surface area contributed by atoms with Gasteiger partial charge in [-0.1, -0.05) is 6.07 Å². The number of carbonyl (C=O) groups excluding carboxylic acids is 1. The third-order valence-corrected chi connectivity index (χ3v) is 5.55. The SMILES string of the molecule is Cc1cc(N2CCN(C(=O)Nc3c(F)cccc3F)CC2)nc(N2CCCCC2)n1. The Labute approximate surface area is 174 Å². The molecule has 2 aliphatic heterocycles. The maximum Gasteiger partial charge on any atom is 0.322 e. The first-order valence-electron chi connectivity index (χ1n) is 10.4. The van der Waals surface area contributed by atoms with Gasteiger partial charge in [-0.15, -0.1) is 0 Å². The fraction of sp³-hybridized carbons (Fsp3) is 0.476. The smallest absolute Gasteiger partial charge is 0.322 e. The summed E-state index contributed by atoms with van der Waals surface area (Å²) in [6, 6.07) is 4.95. The van der Waals surface area contributed by atoms with Crippen molar-refractivity contribution in [2.45, 2.75) is 26.2 Å². The molecule has 0 atom stereocenters. The van der Waals surface area contributed by atoms with Gasteiger partial charge >= 0.3 is 6.03 Å². The van der Waals surface area contributed by atoms with Crippen LogP contribution >= 0.6 is 0 Å². The highest BCUT2D eigenvalue weighted by molar-refractivity contribution is 5.89. The van der Waals surface area contributed by atoms with Crippen molar-refractivity contribution in [3.63, 3.8) is 0 Å². The number of piperidine rings is 1. The predicted molar refractivity (Wildman–Crippen MR) is 112 cm³/mol. The van der Waals surface area contributed by atoms with Crippen molar-refractivity contribution >= 4 is 23.5 Å². The van der Waals surface area contributed by atoms with Crippen LogP contribution in [0.1, 0.15) is 25.0 Å². The second kappa shape index (κ2) is 8.81. The highest BCUT2D eigenvalue weighted by Crippen LogP contribution is 2.22. The summed E-state index contributed by atoms with van der Waals surface area (Å²) in [4.78, 5) is 27.7. The van der Waals surface area contributed by atoms with E-state index in [0.717, 1.165) is 55.5 Å². The van der Waals surface area contributed by atoms with Crippen LogP contribution in [0, 0.1) is 18.6 Å². The number of nitrogens with zero attached hydrogens (tertiary/aromatic N) is 5. The minimum absolute atomic E-state index is 0.414. The summed E-state index contributed by atoms with van der Waals surface area (Å²) in [5.74, 6) is 0.0376. The lowest BCUT2D eigenvalue weighted by Crippen LogP contribution is -2.50. The van der Waals surface area contributed by atoms with Gasteiger partial charge in [0.1, 0.15) is 23.1 Å². The average molecular weight is 416 g/mol. The number of aromatic nitrogens is 2. The molecule has 0 bridgehead atoms. The lowest BCUT2D eigenvalue weighted by atomic mass is 10.1. The molecule has 2 saturated heterocycles. The van der Waals surface area contributed by atoms with Crippen molar-refractivity contribution in [3.8, 4) is 0 Å². The van der Waals surface area contributed by atoms with E-state index in [1.807, 2.05) is 13.0 Å². The summed E-state index contributed by atoms with van der Waals surface area (Å²) in [6.45, 7) is 5.96. The molecule has 3 heterocycles. The Morgan fingerprint density at radius 3 is 2.27 bits per heavy atom. The Hall–Kier alpha value is -2.97. The lowest BCUT2D eigenvalue weighted by Gasteiger charge is -2.36. The van der Waals surface area contributed by atoms with E-state index in [4.69, 9.17) is 4.98 Å². The molecule has 30 heavy (non-hydrogen) atoms. The van der Waals surface area contributed by atoms with Crippen LogP contribution in [0.4, 0.5) is 31.0 Å². The average Bonchev–Trinajstić information content (AvgIpc) is 2.76. The van der Waals surface area contributed by atoms with E-state index >= 15 is 0 Å². The topological polar surface area (TPSA) is 64.6 Å². The quantitative estimate of drug-likeness (QED) is 0.831. The fourth-order valence-corrected chi connectivity index (χ4v) is 3.88. The number of urea groups is 1. The number of piperazine rings is 1. The third-order valence-electron chi connectivity index (χ3n) is 5.55. The molecule has 2 fully saturated rings. The number of aryl methyl sites for hydroxylation is 1. The monoisotopic (exact) mass is 416 g/mol. The maximum atomic E-state index is 13.8.